The lowest BCUT2D eigenvalue weighted by atomic mass is 10.1. The zero-order valence-corrected chi connectivity index (χ0v) is 18.8. The first kappa shape index (κ1) is 21.9. The molecule has 0 spiro atoms. The number of ether oxygens (including phenoxy) is 1. The van der Waals surface area contributed by atoms with Crippen LogP contribution in [0.5, 0.6) is 5.75 Å². The standard InChI is InChI=1S/C26H27N5O3/c32-25(20-12-15-30(17-20)24-7-4-14-27-29-24)28-21-8-10-22(11-9-21)34-23-13-16-31(18-23)26(33)19-5-2-1-3-6-19/h1-11,14,20,23H,12-13,15-18H2,(H,28,32)/t20?,23-/m0/s1. The zero-order chi connectivity index (χ0) is 23.3. The molecular weight excluding hydrogens is 430 g/mol. The van der Waals surface area contributed by atoms with Crippen LogP contribution in [-0.4, -0.2) is 59.2 Å². The third-order valence-corrected chi connectivity index (χ3v) is 6.32. The van der Waals surface area contributed by atoms with E-state index in [9.17, 15) is 9.59 Å². The summed E-state index contributed by atoms with van der Waals surface area (Å²) in [6.45, 7) is 2.66. The molecule has 8 heteroatoms. The highest BCUT2D eigenvalue weighted by atomic mass is 16.5. The van der Waals surface area contributed by atoms with Gasteiger partial charge in [0.05, 0.1) is 12.5 Å². The molecule has 3 aromatic rings. The Balaban J connectivity index is 1.11. The fraction of sp³-hybridized carbons (Fsp3) is 0.308. The van der Waals surface area contributed by atoms with Crippen molar-refractivity contribution >= 4 is 23.3 Å². The van der Waals surface area contributed by atoms with E-state index in [0.29, 0.717) is 25.2 Å². The quantitative estimate of drug-likeness (QED) is 0.612. The second kappa shape index (κ2) is 9.91. The van der Waals surface area contributed by atoms with E-state index in [1.54, 1.807) is 6.20 Å². The summed E-state index contributed by atoms with van der Waals surface area (Å²) in [6, 6.07) is 20.5. The van der Waals surface area contributed by atoms with Gasteiger partial charge in [-0.3, -0.25) is 9.59 Å². The van der Waals surface area contributed by atoms with E-state index in [2.05, 4.69) is 20.4 Å². The number of rotatable bonds is 6. The third-order valence-electron chi connectivity index (χ3n) is 6.32. The van der Waals surface area contributed by atoms with E-state index in [1.165, 1.54) is 0 Å². The summed E-state index contributed by atoms with van der Waals surface area (Å²) < 4.78 is 6.09. The second-order valence-electron chi connectivity index (χ2n) is 8.67. The van der Waals surface area contributed by atoms with E-state index >= 15 is 0 Å². The van der Waals surface area contributed by atoms with Crippen molar-refractivity contribution in [2.45, 2.75) is 18.9 Å². The van der Waals surface area contributed by atoms with Gasteiger partial charge in [0.2, 0.25) is 5.91 Å². The topological polar surface area (TPSA) is 87.7 Å². The lowest BCUT2D eigenvalue weighted by Gasteiger charge is -2.18. The Morgan fingerprint density at radius 1 is 0.912 bits per heavy atom. The van der Waals surface area contributed by atoms with Gasteiger partial charge in [-0.15, -0.1) is 5.10 Å². The van der Waals surface area contributed by atoms with E-state index < -0.39 is 0 Å². The van der Waals surface area contributed by atoms with Gasteiger partial charge in [-0.05, 0) is 55.0 Å². The van der Waals surface area contributed by atoms with Gasteiger partial charge in [0.15, 0.2) is 5.82 Å². The molecule has 8 nitrogen and oxygen atoms in total. The summed E-state index contributed by atoms with van der Waals surface area (Å²) in [5, 5.41) is 11.1. The molecule has 5 rings (SSSR count). The largest absolute Gasteiger partial charge is 0.489 e. The molecule has 0 saturated carbocycles. The van der Waals surface area contributed by atoms with Crippen LogP contribution in [0.3, 0.4) is 0 Å². The summed E-state index contributed by atoms with van der Waals surface area (Å²) in [4.78, 5) is 29.3. The number of hydrogen-bond donors (Lipinski definition) is 1. The van der Waals surface area contributed by atoms with Gasteiger partial charge in [-0.1, -0.05) is 18.2 Å². The van der Waals surface area contributed by atoms with Crippen LogP contribution < -0.4 is 15.0 Å². The number of amides is 2. The average molecular weight is 458 g/mol. The number of nitrogens with zero attached hydrogens (tertiary/aromatic N) is 4. The maximum atomic E-state index is 12.7. The van der Waals surface area contributed by atoms with Gasteiger partial charge in [-0.2, -0.15) is 5.10 Å². The number of aromatic nitrogens is 2. The Morgan fingerprint density at radius 3 is 2.50 bits per heavy atom. The number of anilines is 2. The van der Waals surface area contributed by atoms with Crippen LogP contribution in [0, 0.1) is 5.92 Å². The smallest absolute Gasteiger partial charge is 0.253 e. The highest BCUT2D eigenvalue weighted by molar-refractivity contribution is 5.94. The molecule has 2 aromatic carbocycles. The van der Waals surface area contributed by atoms with Gasteiger partial charge in [0.25, 0.3) is 5.91 Å². The number of carbonyl (C=O) groups excluding carboxylic acids is 2. The van der Waals surface area contributed by atoms with Gasteiger partial charge in [-0.25, -0.2) is 0 Å². The first-order valence-electron chi connectivity index (χ1n) is 11.6. The Bertz CT molecular complexity index is 1120. The fourth-order valence-electron chi connectivity index (χ4n) is 4.47. The first-order chi connectivity index (χ1) is 16.7. The summed E-state index contributed by atoms with van der Waals surface area (Å²) in [6.07, 6.45) is 3.17. The van der Waals surface area contributed by atoms with Crippen molar-refractivity contribution in [2.75, 3.05) is 36.4 Å². The fourth-order valence-corrected chi connectivity index (χ4v) is 4.47. The summed E-state index contributed by atoms with van der Waals surface area (Å²) >= 11 is 0. The number of carbonyl (C=O) groups is 2. The maximum Gasteiger partial charge on any atom is 0.253 e. The molecule has 2 atom stereocenters. The molecule has 1 N–H and O–H groups in total. The van der Waals surface area contributed by atoms with Crippen LogP contribution >= 0.6 is 0 Å². The number of likely N-dealkylation sites (tertiary alicyclic amines) is 1. The highest BCUT2D eigenvalue weighted by Crippen LogP contribution is 2.25. The normalized spacial score (nSPS) is 19.8. The van der Waals surface area contributed by atoms with Crippen molar-refractivity contribution < 1.29 is 14.3 Å². The van der Waals surface area contributed by atoms with Crippen molar-refractivity contribution in [3.8, 4) is 5.75 Å². The van der Waals surface area contributed by atoms with Crippen molar-refractivity contribution in [2.24, 2.45) is 5.92 Å². The van der Waals surface area contributed by atoms with E-state index in [0.717, 1.165) is 36.6 Å². The summed E-state index contributed by atoms with van der Waals surface area (Å²) in [5.41, 5.74) is 1.44. The number of hydrogen-bond acceptors (Lipinski definition) is 6. The molecule has 2 aliphatic heterocycles. The Labute approximate surface area is 198 Å². The van der Waals surface area contributed by atoms with Gasteiger partial charge >= 0.3 is 0 Å². The zero-order valence-electron chi connectivity index (χ0n) is 18.8. The molecule has 3 heterocycles. The predicted octanol–water partition coefficient (Wildman–Crippen LogP) is 3.24. The highest BCUT2D eigenvalue weighted by Gasteiger charge is 2.30. The van der Waals surface area contributed by atoms with Crippen LogP contribution in [0.15, 0.2) is 72.9 Å². The molecule has 174 valence electrons. The Kier molecular flexibility index (Phi) is 6.38. The van der Waals surface area contributed by atoms with Crippen LogP contribution in [0.2, 0.25) is 0 Å². The van der Waals surface area contributed by atoms with Gasteiger partial charge in [0.1, 0.15) is 11.9 Å². The van der Waals surface area contributed by atoms with Crippen LogP contribution in [0.25, 0.3) is 0 Å². The van der Waals surface area contributed by atoms with Gasteiger partial charge in [0, 0.05) is 43.5 Å². The number of nitrogens with one attached hydrogen (secondary N) is 1. The minimum Gasteiger partial charge on any atom is -0.489 e. The predicted molar refractivity (Wildman–Crippen MR) is 129 cm³/mol. The molecule has 2 aliphatic rings. The molecule has 0 radical (unpaired) electrons. The van der Waals surface area contributed by atoms with Crippen molar-refractivity contribution in [1.29, 1.82) is 0 Å². The third kappa shape index (κ3) is 5.01. The van der Waals surface area contributed by atoms with Crippen LogP contribution in [0.4, 0.5) is 11.5 Å². The number of benzene rings is 2. The van der Waals surface area contributed by atoms with Crippen LogP contribution in [0.1, 0.15) is 23.2 Å². The average Bonchev–Trinajstić information content (AvgIpc) is 3.56. The molecule has 2 saturated heterocycles. The molecule has 0 aliphatic carbocycles. The summed E-state index contributed by atoms with van der Waals surface area (Å²) in [7, 11) is 0. The Hall–Kier alpha value is -3.94. The molecule has 2 fully saturated rings. The molecule has 0 bridgehead atoms. The SMILES string of the molecule is O=C(Nc1ccc(O[C@H]2CCN(C(=O)c3ccccc3)C2)cc1)C1CCN(c2cccnn2)C1. The molecular formula is C26H27N5O3. The molecule has 2 amide bonds. The summed E-state index contributed by atoms with van der Waals surface area (Å²) in [5.74, 6) is 1.48. The minimum atomic E-state index is -0.0930. The monoisotopic (exact) mass is 457 g/mol. The van der Waals surface area contributed by atoms with E-state index in [4.69, 9.17) is 4.74 Å². The lowest BCUT2D eigenvalue weighted by Crippen LogP contribution is -2.30. The second-order valence-corrected chi connectivity index (χ2v) is 8.67. The van der Waals surface area contributed by atoms with Crippen LogP contribution in [-0.2, 0) is 4.79 Å². The van der Waals surface area contributed by atoms with E-state index in [-0.39, 0.29) is 23.8 Å². The minimum absolute atomic E-state index is 0.00548. The molecule has 34 heavy (non-hydrogen) atoms. The first-order valence-corrected chi connectivity index (χ1v) is 11.6. The maximum absolute atomic E-state index is 12.7. The van der Waals surface area contributed by atoms with Crippen molar-refractivity contribution in [3.63, 3.8) is 0 Å². The molecule has 1 unspecified atom stereocenters. The van der Waals surface area contributed by atoms with E-state index in [1.807, 2.05) is 71.6 Å². The van der Waals surface area contributed by atoms with Crippen molar-refractivity contribution in [3.05, 3.63) is 78.5 Å². The molecule has 1 aromatic heterocycles. The van der Waals surface area contributed by atoms with Gasteiger partial charge < -0.3 is 19.9 Å². The van der Waals surface area contributed by atoms with Crippen molar-refractivity contribution in [1.82, 2.24) is 15.1 Å². The lowest BCUT2D eigenvalue weighted by molar-refractivity contribution is -0.119. The Morgan fingerprint density at radius 2 is 1.74 bits per heavy atom.